The largest absolute Gasteiger partial charge is 0.317 e. The molecule has 16 heavy (non-hydrogen) atoms. The number of unbranched alkanes of at least 4 members (excludes halogenated alkanes) is 2. The molecule has 86 valence electrons. The average molecular weight is 218 g/mol. The van der Waals surface area contributed by atoms with Crippen molar-refractivity contribution < 1.29 is 0 Å². The molecule has 0 amide bonds. The molecule has 0 saturated heterocycles. The van der Waals surface area contributed by atoms with E-state index in [0.29, 0.717) is 0 Å². The lowest BCUT2D eigenvalue weighted by atomic mass is 10.1. The number of hydrogen-bond acceptors (Lipinski definition) is 1. The molecule has 2 heterocycles. The highest BCUT2D eigenvalue weighted by molar-refractivity contribution is 5.48. The van der Waals surface area contributed by atoms with E-state index < -0.39 is 0 Å². The molecule has 3 nitrogen and oxygen atoms in total. The lowest BCUT2D eigenvalue weighted by molar-refractivity contribution is 0.717. The number of rotatable bonds is 4. The summed E-state index contributed by atoms with van der Waals surface area (Å²) in [7, 11) is 1.78. The first-order valence-electron chi connectivity index (χ1n) is 5.88. The van der Waals surface area contributed by atoms with Crippen LogP contribution in [0.1, 0.15) is 31.7 Å². The lowest BCUT2D eigenvalue weighted by Crippen LogP contribution is -2.17. The highest BCUT2D eigenvalue weighted by Crippen LogP contribution is 2.10. The summed E-state index contributed by atoms with van der Waals surface area (Å²) in [4.78, 5) is 11.8. The van der Waals surface area contributed by atoms with Crippen LogP contribution in [0.5, 0.6) is 0 Å². The Hall–Kier alpha value is -1.51. The SMILES string of the molecule is CCCCCc1cc2c(=O)n(C)ccn2c1. The van der Waals surface area contributed by atoms with Gasteiger partial charge in [0.05, 0.1) is 0 Å². The fourth-order valence-corrected chi connectivity index (χ4v) is 1.97. The van der Waals surface area contributed by atoms with E-state index in [2.05, 4.69) is 13.1 Å². The van der Waals surface area contributed by atoms with Crippen LogP contribution in [0.2, 0.25) is 0 Å². The van der Waals surface area contributed by atoms with E-state index in [1.165, 1.54) is 24.8 Å². The van der Waals surface area contributed by atoms with Gasteiger partial charge in [0.25, 0.3) is 5.56 Å². The highest BCUT2D eigenvalue weighted by Gasteiger charge is 2.03. The molecule has 0 N–H and O–H groups in total. The summed E-state index contributed by atoms with van der Waals surface area (Å²) in [5.74, 6) is 0. The van der Waals surface area contributed by atoms with E-state index in [1.54, 1.807) is 17.8 Å². The van der Waals surface area contributed by atoms with E-state index in [9.17, 15) is 4.79 Å². The third-order valence-electron chi connectivity index (χ3n) is 2.96. The van der Waals surface area contributed by atoms with Crippen molar-refractivity contribution in [3.05, 3.63) is 40.6 Å². The Balaban J connectivity index is 2.30. The summed E-state index contributed by atoms with van der Waals surface area (Å²) in [5.41, 5.74) is 2.11. The van der Waals surface area contributed by atoms with Gasteiger partial charge in [0, 0.05) is 25.6 Å². The van der Waals surface area contributed by atoms with Gasteiger partial charge in [-0.1, -0.05) is 19.8 Å². The van der Waals surface area contributed by atoms with E-state index in [-0.39, 0.29) is 5.56 Å². The molecule has 2 aromatic heterocycles. The smallest absolute Gasteiger partial charge is 0.274 e. The minimum Gasteiger partial charge on any atom is -0.317 e. The summed E-state index contributed by atoms with van der Waals surface area (Å²) in [6, 6.07) is 2.01. The third kappa shape index (κ3) is 2.03. The summed E-state index contributed by atoms with van der Waals surface area (Å²) >= 11 is 0. The van der Waals surface area contributed by atoms with Crippen LogP contribution in [0.25, 0.3) is 5.52 Å². The lowest BCUT2D eigenvalue weighted by Gasteiger charge is -1.97. The fraction of sp³-hybridized carbons (Fsp3) is 0.462. The number of hydrogen-bond donors (Lipinski definition) is 0. The van der Waals surface area contributed by atoms with Gasteiger partial charge in [0.1, 0.15) is 5.52 Å². The van der Waals surface area contributed by atoms with Gasteiger partial charge in [-0.3, -0.25) is 4.79 Å². The van der Waals surface area contributed by atoms with E-state index in [0.717, 1.165) is 11.9 Å². The number of aromatic nitrogens is 2. The normalized spacial score (nSPS) is 11.1. The molecule has 0 aliphatic heterocycles. The quantitative estimate of drug-likeness (QED) is 0.724. The van der Waals surface area contributed by atoms with Gasteiger partial charge in [-0.05, 0) is 24.5 Å². The fourth-order valence-electron chi connectivity index (χ4n) is 1.97. The molecular weight excluding hydrogens is 200 g/mol. The van der Waals surface area contributed by atoms with Gasteiger partial charge in [-0.25, -0.2) is 0 Å². The molecule has 0 unspecified atom stereocenters. The third-order valence-corrected chi connectivity index (χ3v) is 2.96. The van der Waals surface area contributed by atoms with Crippen molar-refractivity contribution in [3.8, 4) is 0 Å². The maximum atomic E-state index is 11.8. The van der Waals surface area contributed by atoms with Gasteiger partial charge in [0.15, 0.2) is 0 Å². The molecule has 0 atom stereocenters. The van der Waals surface area contributed by atoms with Crippen LogP contribution in [0, 0.1) is 0 Å². The minimum atomic E-state index is 0.0734. The summed E-state index contributed by atoms with van der Waals surface area (Å²) in [6.45, 7) is 2.20. The second-order valence-corrected chi connectivity index (χ2v) is 4.31. The van der Waals surface area contributed by atoms with Gasteiger partial charge in [-0.2, -0.15) is 0 Å². The molecule has 0 spiro atoms. The standard InChI is InChI=1S/C13H18N2O/c1-3-4-5-6-11-9-12-13(16)14(2)7-8-15(12)10-11/h7-10H,3-6H2,1-2H3. The summed E-state index contributed by atoms with van der Waals surface area (Å²) < 4.78 is 3.54. The molecule has 0 radical (unpaired) electrons. The zero-order valence-corrected chi connectivity index (χ0v) is 9.94. The monoisotopic (exact) mass is 218 g/mol. The van der Waals surface area contributed by atoms with Crippen LogP contribution in [0.4, 0.5) is 0 Å². The predicted octanol–water partition coefficient (Wildman–Crippen LogP) is 2.37. The predicted molar refractivity (Wildman–Crippen MR) is 65.9 cm³/mol. The van der Waals surface area contributed by atoms with Gasteiger partial charge >= 0.3 is 0 Å². The van der Waals surface area contributed by atoms with Crippen molar-refractivity contribution in [2.75, 3.05) is 0 Å². The van der Waals surface area contributed by atoms with E-state index in [4.69, 9.17) is 0 Å². The molecule has 0 aromatic carbocycles. The van der Waals surface area contributed by atoms with Crippen molar-refractivity contribution in [2.45, 2.75) is 32.6 Å². The molecule has 0 fully saturated rings. The highest BCUT2D eigenvalue weighted by atomic mass is 16.1. The first-order chi connectivity index (χ1) is 7.72. The second kappa shape index (κ2) is 4.56. The van der Waals surface area contributed by atoms with Crippen molar-refractivity contribution >= 4 is 5.52 Å². The Morgan fingerprint density at radius 3 is 2.81 bits per heavy atom. The van der Waals surface area contributed by atoms with Crippen LogP contribution >= 0.6 is 0 Å². The van der Waals surface area contributed by atoms with Gasteiger partial charge in [-0.15, -0.1) is 0 Å². The Morgan fingerprint density at radius 1 is 1.25 bits per heavy atom. The molecular formula is C13H18N2O. The number of nitrogens with zero attached hydrogens (tertiary/aromatic N) is 2. The van der Waals surface area contributed by atoms with Crippen molar-refractivity contribution in [3.63, 3.8) is 0 Å². The molecule has 0 saturated carbocycles. The Labute approximate surface area is 95.3 Å². The average Bonchev–Trinajstić information content (AvgIpc) is 2.68. The van der Waals surface area contributed by atoms with Crippen LogP contribution < -0.4 is 5.56 Å². The maximum Gasteiger partial charge on any atom is 0.274 e. The molecule has 3 heteroatoms. The Bertz CT molecular complexity index is 536. The molecule has 0 aliphatic carbocycles. The molecule has 2 rings (SSSR count). The zero-order chi connectivity index (χ0) is 11.5. The minimum absolute atomic E-state index is 0.0734. The van der Waals surface area contributed by atoms with Crippen molar-refractivity contribution in [1.82, 2.24) is 8.97 Å². The van der Waals surface area contributed by atoms with Crippen LogP contribution in [0.15, 0.2) is 29.5 Å². The molecule has 0 aliphatic rings. The van der Waals surface area contributed by atoms with Crippen molar-refractivity contribution in [2.24, 2.45) is 7.05 Å². The number of aryl methyl sites for hydroxylation is 2. The topological polar surface area (TPSA) is 26.4 Å². The number of fused-ring (bicyclic) bond motifs is 1. The maximum absolute atomic E-state index is 11.8. The first kappa shape index (κ1) is 11.0. The van der Waals surface area contributed by atoms with E-state index >= 15 is 0 Å². The Morgan fingerprint density at radius 2 is 2.06 bits per heavy atom. The van der Waals surface area contributed by atoms with Crippen LogP contribution in [-0.2, 0) is 13.5 Å². The van der Waals surface area contributed by atoms with Gasteiger partial charge in [0.2, 0.25) is 0 Å². The van der Waals surface area contributed by atoms with Crippen LogP contribution in [-0.4, -0.2) is 8.97 Å². The van der Waals surface area contributed by atoms with Crippen LogP contribution in [0.3, 0.4) is 0 Å². The van der Waals surface area contributed by atoms with E-state index in [1.807, 2.05) is 16.7 Å². The van der Waals surface area contributed by atoms with Crippen molar-refractivity contribution in [1.29, 1.82) is 0 Å². The summed E-state index contributed by atoms with van der Waals surface area (Å²) in [5, 5.41) is 0. The molecule has 2 aromatic rings. The second-order valence-electron chi connectivity index (χ2n) is 4.31. The Kier molecular flexibility index (Phi) is 3.13. The summed E-state index contributed by atoms with van der Waals surface area (Å²) in [6.07, 6.45) is 10.5. The van der Waals surface area contributed by atoms with Gasteiger partial charge < -0.3 is 8.97 Å². The zero-order valence-electron chi connectivity index (χ0n) is 9.94. The molecule has 0 bridgehead atoms. The first-order valence-corrected chi connectivity index (χ1v) is 5.88.